The normalized spacial score (nSPS) is 11.8. The summed E-state index contributed by atoms with van der Waals surface area (Å²) >= 11 is 0. The monoisotopic (exact) mass is 176 g/mol. The molecule has 0 heterocycles. The molecule has 4 N–H and O–H groups in total. The summed E-state index contributed by atoms with van der Waals surface area (Å²) in [7, 11) is 0. The van der Waals surface area contributed by atoms with Gasteiger partial charge in [-0.25, -0.2) is 9.59 Å². The molecule has 1 unspecified atom stereocenters. The zero-order chi connectivity index (χ0) is 9.56. The maximum atomic E-state index is 10.6. The van der Waals surface area contributed by atoms with Crippen LogP contribution in [0.5, 0.6) is 0 Å². The van der Waals surface area contributed by atoms with Crippen LogP contribution in [-0.2, 0) is 4.79 Å². The summed E-state index contributed by atoms with van der Waals surface area (Å²) in [4.78, 5) is 20.7. The Morgan fingerprint density at radius 2 is 2.00 bits per heavy atom. The number of hydrogen-bond donors (Lipinski definition) is 4. The van der Waals surface area contributed by atoms with Crippen LogP contribution in [0, 0.1) is 0 Å². The van der Waals surface area contributed by atoms with Gasteiger partial charge >= 0.3 is 12.0 Å². The number of carboxylic acid groups (broad SMARTS) is 1. The first-order valence-corrected chi connectivity index (χ1v) is 3.50. The quantitative estimate of drug-likeness (QED) is 0.430. The van der Waals surface area contributed by atoms with Gasteiger partial charge in [-0.3, -0.25) is 0 Å². The largest absolute Gasteiger partial charge is 0.479 e. The fourth-order valence-corrected chi connectivity index (χ4v) is 0.500. The van der Waals surface area contributed by atoms with Crippen LogP contribution in [0.3, 0.4) is 0 Å². The van der Waals surface area contributed by atoms with Crippen LogP contribution >= 0.6 is 0 Å². The summed E-state index contributed by atoms with van der Waals surface area (Å²) in [5.41, 5.74) is 0. The molecular weight excluding hydrogens is 164 g/mol. The molecule has 0 aromatic carbocycles. The number of rotatable bonds is 4. The Hall–Kier alpha value is -1.30. The highest BCUT2D eigenvalue weighted by Crippen LogP contribution is 1.79. The van der Waals surface area contributed by atoms with E-state index >= 15 is 0 Å². The zero-order valence-corrected chi connectivity index (χ0v) is 6.70. The summed E-state index contributed by atoms with van der Waals surface area (Å²) < 4.78 is 0. The maximum absolute atomic E-state index is 10.6. The van der Waals surface area contributed by atoms with E-state index in [0.29, 0.717) is 6.54 Å². The number of amides is 2. The lowest BCUT2D eigenvalue weighted by molar-refractivity contribution is -0.146. The Balaban J connectivity index is 3.54. The zero-order valence-electron chi connectivity index (χ0n) is 6.70. The van der Waals surface area contributed by atoms with Crippen LogP contribution in [0.4, 0.5) is 4.79 Å². The molecule has 6 nitrogen and oxygen atoms in total. The van der Waals surface area contributed by atoms with Crippen molar-refractivity contribution in [1.29, 1.82) is 0 Å². The Bertz CT molecular complexity index is 171. The minimum Gasteiger partial charge on any atom is -0.479 e. The van der Waals surface area contributed by atoms with Crippen molar-refractivity contribution in [3.8, 4) is 0 Å². The summed E-state index contributed by atoms with van der Waals surface area (Å²) in [6.07, 6.45) is -1.55. The summed E-state index contributed by atoms with van der Waals surface area (Å²) in [6.45, 7) is 1.89. The molecule has 0 rings (SSSR count). The molecular formula is C6H12N2O4. The first-order chi connectivity index (χ1) is 5.57. The van der Waals surface area contributed by atoms with Gasteiger partial charge in [0, 0.05) is 6.54 Å². The van der Waals surface area contributed by atoms with Crippen LogP contribution in [0.1, 0.15) is 6.92 Å². The van der Waals surface area contributed by atoms with Crippen LogP contribution in [0.2, 0.25) is 0 Å². The third-order valence-corrected chi connectivity index (χ3v) is 1.08. The van der Waals surface area contributed by atoms with Crippen molar-refractivity contribution in [2.24, 2.45) is 0 Å². The van der Waals surface area contributed by atoms with E-state index in [1.54, 1.807) is 6.92 Å². The SMILES string of the molecule is CCNC(=O)NCC(O)C(=O)O. The first-order valence-electron chi connectivity index (χ1n) is 3.50. The predicted octanol–water partition coefficient (Wildman–Crippen LogP) is -1.25. The standard InChI is InChI=1S/C6H12N2O4/c1-2-7-6(12)8-3-4(9)5(10)11/h4,9H,2-3H2,1H3,(H,10,11)(H2,7,8,12). The molecule has 6 heteroatoms. The number of urea groups is 1. The van der Waals surface area contributed by atoms with E-state index in [1.807, 2.05) is 0 Å². The molecule has 0 bridgehead atoms. The summed E-state index contributed by atoms with van der Waals surface area (Å²) in [5.74, 6) is -1.35. The minimum absolute atomic E-state index is 0.291. The molecule has 0 radical (unpaired) electrons. The Morgan fingerprint density at radius 3 is 2.42 bits per heavy atom. The van der Waals surface area contributed by atoms with Gasteiger partial charge in [0.1, 0.15) is 0 Å². The van der Waals surface area contributed by atoms with Crippen LogP contribution in [-0.4, -0.2) is 41.4 Å². The average molecular weight is 176 g/mol. The maximum Gasteiger partial charge on any atom is 0.334 e. The van der Waals surface area contributed by atoms with Crippen molar-refractivity contribution in [3.05, 3.63) is 0 Å². The van der Waals surface area contributed by atoms with Crippen molar-refractivity contribution < 1.29 is 19.8 Å². The van der Waals surface area contributed by atoms with Gasteiger partial charge < -0.3 is 20.8 Å². The molecule has 0 aliphatic carbocycles. The third kappa shape index (κ3) is 4.51. The van der Waals surface area contributed by atoms with Gasteiger partial charge in [0.05, 0.1) is 6.54 Å². The van der Waals surface area contributed by atoms with Gasteiger partial charge in [-0.05, 0) is 6.92 Å². The number of carboxylic acids is 1. The molecule has 0 aromatic heterocycles. The van der Waals surface area contributed by atoms with E-state index in [1.165, 1.54) is 0 Å². The average Bonchev–Trinajstić information content (AvgIpc) is 2.00. The van der Waals surface area contributed by atoms with E-state index < -0.39 is 18.1 Å². The van der Waals surface area contributed by atoms with Gasteiger partial charge in [-0.1, -0.05) is 0 Å². The van der Waals surface area contributed by atoms with E-state index in [9.17, 15) is 9.59 Å². The molecule has 0 saturated carbocycles. The van der Waals surface area contributed by atoms with Crippen LogP contribution < -0.4 is 10.6 Å². The molecule has 0 aromatic rings. The second-order valence-corrected chi connectivity index (χ2v) is 2.09. The van der Waals surface area contributed by atoms with Crippen molar-refractivity contribution in [2.75, 3.05) is 13.1 Å². The highest BCUT2D eigenvalue weighted by atomic mass is 16.4. The smallest absolute Gasteiger partial charge is 0.334 e. The highest BCUT2D eigenvalue weighted by molar-refractivity contribution is 5.76. The fraction of sp³-hybridized carbons (Fsp3) is 0.667. The van der Waals surface area contributed by atoms with Gasteiger partial charge in [-0.15, -0.1) is 0 Å². The number of aliphatic carboxylic acids is 1. The number of nitrogens with one attached hydrogen (secondary N) is 2. The van der Waals surface area contributed by atoms with Gasteiger partial charge in [0.2, 0.25) is 0 Å². The molecule has 0 saturated heterocycles. The number of aliphatic hydroxyl groups excluding tert-OH is 1. The molecule has 12 heavy (non-hydrogen) atoms. The van der Waals surface area contributed by atoms with Crippen LogP contribution in [0.15, 0.2) is 0 Å². The van der Waals surface area contributed by atoms with E-state index in [4.69, 9.17) is 10.2 Å². The molecule has 1 atom stereocenters. The second-order valence-electron chi connectivity index (χ2n) is 2.09. The van der Waals surface area contributed by atoms with Gasteiger partial charge in [-0.2, -0.15) is 0 Å². The van der Waals surface area contributed by atoms with Gasteiger partial charge in [0.15, 0.2) is 6.10 Å². The summed E-state index contributed by atoms with van der Waals surface area (Å²) in [5, 5.41) is 21.5. The highest BCUT2D eigenvalue weighted by Gasteiger charge is 2.13. The number of aliphatic hydroxyl groups is 1. The molecule has 0 spiro atoms. The first kappa shape index (κ1) is 10.7. The Kier molecular flexibility index (Phi) is 4.78. The van der Waals surface area contributed by atoms with Crippen molar-refractivity contribution in [1.82, 2.24) is 10.6 Å². The topological polar surface area (TPSA) is 98.7 Å². The lowest BCUT2D eigenvalue weighted by Crippen LogP contribution is -2.41. The molecule has 0 fully saturated rings. The number of carbonyl (C=O) groups is 2. The molecule has 0 aliphatic rings. The fourth-order valence-electron chi connectivity index (χ4n) is 0.500. The lowest BCUT2D eigenvalue weighted by atomic mass is 10.4. The van der Waals surface area contributed by atoms with Crippen LogP contribution in [0.25, 0.3) is 0 Å². The van der Waals surface area contributed by atoms with Crippen molar-refractivity contribution in [2.45, 2.75) is 13.0 Å². The number of hydrogen-bond acceptors (Lipinski definition) is 3. The summed E-state index contributed by atoms with van der Waals surface area (Å²) in [6, 6.07) is -0.488. The Morgan fingerprint density at radius 1 is 1.42 bits per heavy atom. The van der Waals surface area contributed by atoms with Crippen molar-refractivity contribution >= 4 is 12.0 Å². The third-order valence-electron chi connectivity index (χ3n) is 1.08. The molecule has 70 valence electrons. The van der Waals surface area contributed by atoms with E-state index in [2.05, 4.69) is 10.6 Å². The minimum atomic E-state index is -1.55. The van der Waals surface area contributed by atoms with Crippen molar-refractivity contribution in [3.63, 3.8) is 0 Å². The second kappa shape index (κ2) is 5.36. The predicted molar refractivity (Wildman–Crippen MR) is 40.7 cm³/mol. The van der Waals surface area contributed by atoms with E-state index in [-0.39, 0.29) is 6.54 Å². The Labute approximate surface area is 69.6 Å². The molecule has 0 aliphatic heterocycles. The van der Waals surface area contributed by atoms with E-state index in [0.717, 1.165) is 0 Å². The van der Waals surface area contributed by atoms with Gasteiger partial charge in [0.25, 0.3) is 0 Å². The number of carbonyl (C=O) groups excluding carboxylic acids is 1. The lowest BCUT2D eigenvalue weighted by Gasteiger charge is -2.07. The molecule has 2 amide bonds.